The van der Waals surface area contributed by atoms with E-state index in [0.29, 0.717) is 5.56 Å². The Hall–Kier alpha value is -2.18. The minimum absolute atomic E-state index is 0.187. The molecule has 0 radical (unpaired) electrons. The van der Waals surface area contributed by atoms with Gasteiger partial charge in [-0.2, -0.15) is 5.26 Å². The molecule has 0 aliphatic heterocycles. The van der Waals surface area contributed by atoms with E-state index in [1.807, 2.05) is 42.5 Å². The molecule has 0 fully saturated rings. The Bertz CT molecular complexity index is 555. The van der Waals surface area contributed by atoms with Crippen LogP contribution >= 0.6 is 0 Å². The van der Waals surface area contributed by atoms with Crippen LogP contribution in [-0.4, -0.2) is 4.98 Å². The number of rotatable bonds is 4. The van der Waals surface area contributed by atoms with Gasteiger partial charge >= 0.3 is 0 Å². The van der Waals surface area contributed by atoms with Gasteiger partial charge in [0.2, 0.25) is 0 Å². The van der Waals surface area contributed by atoms with Crippen molar-refractivity contribution in [2.75, 3.05) is 0 Å². The molecule has 0 aliphatic rings. The number of aromatic nitrogens is 1. The first-order chi connectivity index (χ1) is 9.20. The van der Waals surface area contributed by atoms with E-state index in [1.54, 1.807) is 6.20 Å². The summed E-state index contributed by atoms with van der Waals surface area (Å²) in [5.41, 5.74) is 2.89. The zero-order chi connectivity index (χ0) is 13.7. The van der Waals surface area contributed by atoms with Crippen molar-refractivity contribution in [1.29, 1.82) is 5.26 Å². The summed E-state index contributed by atoms with van der Waals surface area (Å²) in [6, 6.07) is 16.1. The van der Waals surface area contributed by atoms with Crippen LogP contribution in [0.5, 0.6) is 0 Å². The van der Waals surface area contributed by atoms with Crippen molar-refractivity contribution < 1.29 is 0 Å². The molecule has 0 saturated carbocycles. The first-order valence-electron chi connectivity index (χ1n) is 6.37. The highest BCUT2D eigenvalue weighted by molar-refractivity contribution is 5.32. The molecule has 3 nitrogen and oxygen atoms in total. The first kappa shape index (κ1) is 13.3. The lowest BCUT2D eigenvalue weighted by atomic mass is 10.1. The van der Waals surface area contributed by atoms with Gasteiger partial charge in [-0.1, -0.05) is 18.2 Å². The van der Waals surface area contributed by atoms with E-state index in [2.05, 4.69) is 30.2 Å². The van der Waals surface area contributed by atoms with Gasteiger partial charge in [-0.05, 0) is 43.7 Å². The largest absolute Gasteiger partial charge is 0.302 e. The Morgan fingerprint density at radius 2 is 1.79 bits per heavy atom. The van der Waals surface area contributed by atoms with Gasteiger partial charge in [0.25, 0.3) is 0 Å². The molecule has 1 aromatic carbocycles. The Morgan fingerprint density at radius 1 is 1.05 bits per heavy atom. The summed E-state index contributed by atoms with van der Waals surface area (Å²) in [5.74, 6) is 0. The molecule has 2 rings (SSSR count). The fourth-order valence-corrected chi connectivity index (χ4v) is 2.04. The molecule has 0 bridgehead atoms. The Morgan fingerprint density at radius 3 is 2.37 bits per heavy atom. The molecule has 1 aromatic heterocycles. The summed E-state index contributed by atoms with van der Waals surface area (Å²) >= 11 is 0. The van der Waals surface area contributed by atoms with E-state index in [0.717, 1.165) is 5.69 Å². The highest BCUT2D eigenvalue weighted by Gasteiger charge is 2.11. The van der Waals surface area contributed by atoms with E-state index in [4.69, 9.17) is 5.26 Å². The normalized spacial score (nSPS) is 13.5. The molecular formula is C16H17N3. The van der Waals surface area contributed by atoms with Gasteiger partial charge in [0.15, 0.2) is 0 Å². The molecule has 1 heterocycles. The molecule has 1 unspecified atom stereocenters. The van der Waals surface area contributed by atoms with Crippen LogP contribution in [-0.2, 0) is 0 Å². The fraction of sp³-hybridized carbons (Fsp3) is 0.250. The van der Waals surface area contributed by atoms with E-state index in [1.165, 1.54) is 5.56 Å². The molecule has 19 heavy (non-hydrogen) atoms. The van der Waals surface area contributed by atoms with Crippen LogP contribution in [0, 0.1) is 11.3 Å². The van der Waals surface area contributed by atoms with Gasteiger partial charge in [0.1, 0.15) is 0 Å². The van der Waals surface area contributed by atoms with Crippen molar-refractivity contribution in [3.05, 3.63) is 65.5 Å². The second-order valence-electron chi connectivity index (χ2n) is 4.60. The first-order valence-corrected chi connectivity index (χ1v) is 6.37. The lowest BCUT2D eigenvalue weighted by Gasteiger charge is -2.20. The number of nitrogens with one attached hydrogen (secondary N) is 1. The van der Waals surface area contributed by atoms with Crippen molar-refractivity contribution in [2.45, 2.75) is 25.9 Å². The summed E-state index contributed by atoms with van der Waals surface area (Å²) in [6.07, 6.45) is 1.81. The molecule has 2 aromatic rings. The van der Waals surface area contributed by atoms with Gasteiger partial charge in [-0.15, -0.1) is 0 Å². The summed E-state index contributed by atoms with van der Waals surface area (Å²) in [7, 11) is 0. The molecule has 96 valence electrons. The van der Waals surface area contributed by atoms with Crippen LogP contribution in [0.3, 0.4) is 0 Å². The summed E-state index contributed by atoms with van der Waals surface area (Å²) in [6.45, 7) is 4.21. The molecule has 3 heteroatoms. The van der Waals surface area contributed by atoms with Crippen molar-refractivity contribution in [1.82, 2.24) is 10.3 Å². The number of hydrogen-bond donors (Lipinski definition) is 1. The lowest BCUT2D eigenvalue weighted by molar-refractivity contribution is 0.486. The highest BCUT2D eigenvalue weighted by atomic mass is 15.0. The third-order valence-electron chi connectivity index (χ3n) is 3.17. The number of hydrogen-bond acceptors (Lipinski definition) is 3. The van der Waals surface area contributed by atoms with Crippen LogP contribution < -0.4 is 5.32 Å². The quantitative estimate of drug-likeness (QED) is 0.906. The number of nitrogens with zero attached hydrogens (tertiary/aromatic N) is 2. The van der Waals surface area contributed by atoms with Crippen molar-refractivity contribution in [2.24, 2.45) is 0 Å². The summed E-state index contributed by atoms with van der Waals surface area (Å²) < 4.78 is 0. The smallest absolute Gasteiger partial charge is 0.0991 e. The number of benzene rings is 1. The van der Waals surface area contributed by atoms with E-state index in [9.17, 15) is 0 Å². The predicted molar refractivity (Wildman–Crippen MR) is 75.4 cm³/mol. The molecule has 0 aliphatic carbocycles. The van der Waals surface area contributed by atoms with Gasteiger partial charge in [0.05, 0.1) is 17.3 Å². The van der Waals surface area contributed by atoms with E-state index in [-0.39, 0.29) is 12.1 Å². The molecule has 0 amide bonds. The fourth-order valence-electron chi connectivity index (χ4n) is 2.04. The van der Waals surface area contributed by atoms with Crippen LogP contribution in [0.25, 0.3) is 0 Å². The van der Waals surface area contributed by atoms with Crippen LogP contribution in [0.4, 0.5) is 0 Å². The van der Waals surface area contributed by atoms with E-state index < -0.39 is 0 Å². The summed E-state index contributed by atoms with van der Waals surface area (Å²) in [5, 5.41) is 12.3. The van der Waals surface area contributed by atoms with E-state index >= 15 is 0 Å². The van der Waals surface area contributed by atoms with Crippen LogP contribution in [0.15, 0.2) is 48.7 Å². The minimum atomic E-state index is 0.187. The Balaban J connectivity index is 2.04. The SMILES string of the molecule is CC(N[C@@H](C)c1ccccn1)c1ccc(C#N)cc1. The maximum absolute atomic E-state index is 8.79. The lowest BCUT2D eigenvalue weighted by Crippen LogP contribution is -2.23. The Kier molecular flexibility index (Phi) is 4.27. The maximum atomic E-state index is 8.79. The molecule has 0 saturated heterocycles. The van der Waals surface area contributed by atoms with Crippen molar-refractivity contribution in [3.63, 3.8) is 0 Å². The molecule has 0 spiro atoms. The molecule has 1 N–H and O–H groups in total. The average molecular weight is 251 g/mol. The second kappa shape index (κ2) is 6.12. The van der Waals surface area contributed by atoms with Gasteiger partial charge in [-0.3, -0.25) is 4.98 Å². The topological polar surface area (TPSA) is 48.7 Å². The van der Waals surface area contributed by atoms with Crippen LogP contribution in [0.1, 0.15) is 42.8 Å². The monoisotopic (exact) mass is 251 g/mol. The maximum Gasteiger partial charge on any atom is 0.0991 e. The second-order valence-corrected chi connectivity index (χ2v) is 4.60. The van der Waals surface area contributed by atoms with Crippen molar-refractivity contribution in [3.8, 4) is 6.07 Å². The minimum Gasteiger partial charge on any atom is -0.302 e. The third kappa shape index (κ3) is 3.40. The van der Waals surface area contributed by atoms with Gasteiger partial charge in [0, 0.05) is 18.3 Å². The zero-order valence-electron chi connectivity index (χ0n) is 11.2. The van der Waals surface area contributed by atoms with Crippen molar-refractivity contribution >= 4 is 0 Å². The standard InChI is InChI=1S/C16H17N3/c1-12(15-8-6-14(11-17)7-9-15)19-13(2)16-5-3-4-10-18-16/h3-10,12-13,19H,1-2H3/t12?,13-/m0/s1. The van der Waals surface area contributed by atoms with Gasteiger partial charge in [-0.25, -0.2) is 0 Å². The number of pyridine rings is 1. The highest BCUT2D eigenvalue weighted by Crippen LogP contribution is 2.18. The van der Waals surface area contributed by atoms with Crippen LogP contribution in [0.2, 0.25) is 0 Å². The molecule has 2 atom stereocenters. The molecular weight excluding hydrogens is 234 g/mol. The average Bonchev–Trinajstić information content (AvgIpc) is 2.48. The zero-order valence-corrected chi connectivity index (χ0v) is 11.2. The third-order valence-corrected chi connectivity index (χ3v) is 3.17. The Labute approximate surface area is 113 Å². The van der Waals surface area contributed by atoms with Gasteiger partial charge < -0.3 is 5.32 Å². The predicted octanol–water partition coefficient (Wildman–Crippen LogP) is 3.37. The number of nitriles is 1. The summed E-state index contributed by atoms with van der Waals surface area (Å²) in [4.78, 5) is 4.35.